The second-order valence-electron chi connectivity index (χ2n) is 5.46. The first kappa shape index (κ1) is 18.8. The molecule has 0 fully saturated rings. The minimum Gasteiger partial charge on any atom is -0.495 e. The van der Waals surface area contributed by atoms with Crippen molar-refractivity contribution in [2.45, 2.75) is 51.9 Å². The number of rotatable bonds is 11. The SMILES string of the molecule is CCCCCCCC(=O)Nc1ccc(OC)c(NCCC#N)c1. The third kappa shape index (κ3) is 7.55. The summed E-state index contributed by atoms with van der Waals surface area (Å²) in [6, 6.07) is 7.56. The molecule has 126 valence electrons. The summed E-state index contributed by atoms with van der Waals surface area (Å²) in [6.07, 6.45) is 6.63. The number of nitrogens with one attached hydrogen (secondary N) is 2. The molecule has 0 aliphatic heterocycles. The van der Waals surface area contributed by atoms with Crippen LogP contribution in [-0.4, -0.2) is 19.6 Å². The van der Waals surface area contributed by atoms with Crippen molar-refractivity contribution >= 4 is 17.3 Å². The average Bonchev–Trinajstić information content (AvgIpc) is 2.55. The van der Waals surface area contributed by atoms with Crippen LogP contribution in [0.3, 0.4) is 0 Å². The summed E-state index contributed by atoms with van der Waals surface area (Å²) >= 11 is 0. The molecular formula is C18H27N3O2. The number of nitrogens with zero attached hydrogens (tertiary/aromatic N) is 1. The molecule has 1 amide bonds. The van der Waals surface area contributed by atoms with Crippen LogP contribution in [-0.2, 0) is 4.79 Å². The van der Waals surface area contributed by atoms with Crippen molar-refractivity contribution in [3.8, 4) is 11.8 Å². The van der Waals surface area contributed by atoms with Gasteiger partial charge in [-0.05, 0) is 24.6 Å². The van der Waals surface area contributed by atoms with Crippen LogP contribution in [0, 0.1) is 11.3 Å². The van der Waals surface area contributed by atoms with E-state index in [2.05, 4.69) is 23.6 Å². The Morgan fingerprint density at radius 1 is 1.26 bits per heavy atom. The van der Waals surface area contributed by atoms with Gasteiger partial charge >= 0.3 is 0 Å². The van der Waals surface area contributed by atoms with E-state index in [4.69, 9.17) is 10.00 Å². The Labute approximate surface area is 139 Å². The number of benzene rings is 1. The number of hydrogen-bond acceptors (Lipinski definition) is 4. The number of unbranched alkanes of at least 4 members (excludes halogenated alkanes) is 4. The van der Waals surface area contributed by atoms with Crippen molar-refractivity contribution in [1.82, 2.24) is 0 Å². The number of carbonyl (C=O) groups is 1. The molecule has 0 saturated carbocycles. The number of methoxy groups -OCH3 is 1. The number of ether oxygens (including phenoxy) is 1. The van der Waals surface area contributed by atoms with Gasteiger partial charge in [-0.15, -0.1) is 0 Å². The van der Waals surface area contributed by atoms with E-state index in [1.807, 2.05) is 18.2 Å². The van der Waals surface area contributed by atoms with E-state index < -0.39 is 0 Å². The number of anilines is 2. The molecule has 0 radical (unpaired) electrons. The first-order valence-corrected chi connectivity index (χ1v) is 8.30. The van der Waals surface area contributed by atoms with Crippen LogP contribution >= 0.6 is 0 Å². The van der Waals surface area contributed by atoms with Crippen LogP contribution < -0.4 is 15.4 Å². The molecule has 0 heterocycles. The van der Waals surface area contributed by atoms with Crippen molar-refractivity contribution in [3.05, 3.63) is 18.2 Å². The molecular weight excluding hydrogens is 290 g/mol. The first-order valence-electron chi connectivity index (χ1n) is 8.30. The summed E-state index contributed by atoms with van der Waals surface area (Å²) in [5.41, 5.74) is 1.52. The Bertz CT molecular complexity index is 523. The van der Waals surface area contributed by atoms with Crippen LogP contribution in [0.5, 0.6) is 5.75 Å². The van der Waals surface area contributed by atoms with Crippen molar-refractivity contribution in [2.24, 2.45) is 0 Å². The Morgan fingerprint density at radius 2 is 2.04 bits per heavy atom. The normalized spacial score (nSPS) is 9.96. The van der Waals surface area contributed by atoms with Crippen molar-refractivity contribution in [3.63, 3.8) is 0 Å². The molecule has 2 N–H and O–H groups in total. The molecule has 0 aliphatic rings. The fourth-order valence-corrected chi connectivity index (χ4v) is 2.29. The van der Waals surface area contributed by atoms with E-state index in [1.54, 1.807) is 7.11 Å². The molecule has 0 spiro atoms. The molecule has 5 nitrogen and oxygen atoms in total. The minimum absolute atomic E-state index is 0.0367. The highest BCUT2D eigenvalue weighted by Crippen LogP contribution is 2.27. The number of amides is 1. The Kier molecular flexibility index (Phi) is 9.30. The third-order valence-electron chi connectivity index (χ3n) is 3.54. The second-order valence-corrected chi connectivity index (χ2v) is 5.46. The van der Waals surface area contributed by atoms with Crippen molar-refractivity contribution in [1.29, 1.82) is 5.26 Å². The van der Waals surface area contributed by atoms with Crippen molar-refractivity contribution < 1.29 is 9.53 Å². The summed E-state index contributed by atoms with van der Waals surface area (Å²) in [5.74, 6) is 0.732. The monoisotopic (exact) mass is 317 g/mol. The van der Waals surface area contributed by atoms with Crippen LogP contribution in [0.1, 0.15) is 51.9 Å². The van der Waals surface area contributed by atoms with Gasteiger partial charge in [0.2, 0.25) is 5.91 Å². The fourth-order valence-electron chi connectivity index (χ4n) is 2.29. The summed E-state index contributed by atoms with van der Waals surface area (Å²) in [7, 11) is 1.60. The highest BCUT2D eigenvalue weighted by atomic mass is 16.5. The summed E-state index contributed by atoms with van der Waals surface area (Å²) < 4.78 is 5.28. The molecule has 1 aromatic carbocycles. The predicted octanol–water partition coefficient (Wildman–Crippen LogP) is 4.32. The molecule has 0 bridgehead atoms. The van der Waals surface area contributed by atoms with Crippen LogP contribution in [0.2, 0.25) is 0 Å². The zero-order valence-electron chi connectivity index (χ0n) is 14.2. The fraction of sp³-hybridized carbons (Fsp3) is 0.556. The quantitative estimate of drug-likeness (QED) is 0.596. The van der Waals surface area contributed by atoms with Gasteiger partial charge < -0.3 is 15.4 Å². The molecule has 0 unspecified atom stereocenters. The second kappa shape index (κ2) is 11.4. The lowest BCUT2D eigenvalue weighted by molar-refractivity contribution is -0.116. The third-order valence-corrected chi connectivity index (χ3v) is 3.54. The summed E-state index contributed by atoms with van der Waals surface area (Å²) in [4.78, 5) is 12.0. The van der Waals surface area contributed by atoms with E-state index in [1.165, 1.54) is 19.3 Å². The highest BCUT2D eigenvalue weighted by Gasteiger charge is 2.07. The predicted molar refractivity (Wildman–Crippen MR) is 93.7 cm³/mol. The molecule has 5 heteroatoms. The molecule has 1 aromatic rings. The van der Waals surface area contributed by atoms with Crippen LogP contribution in [0.25, 0.3) is 0 Å². The molecule has 1 rings (SSSR count). The van der Waals surface area contributed by atoms with Crippen LogP contribution in [0.4, 0.5) is 11.4 Å². The van der Waals surface area contributed by atoms with Gasteiger partial charge in [-0.3, -0.25) is 4.79 Å². The zero-order chi connectivity index (χ0) is 16.9. The minimum atomic E-state index is 0.0367. The maximum atomic E-state index is 12.0. The lowest BCUT2D eigenvalue weighted by Crippen LogP contribution is -2.11. The van der Waals surface area contributed by atoms with Crippen LogP contribution in [0.15, 0.2) is 18.2 Å². The topological polar surface area (TPSA) is 74.2 Å². The largest absolute Gasteiger partial charge is 0.495 e. The first-order chi connectivity index (χ1) is 11.2. The molecule has 0 atom stereocenters. The van der Waals surface area contributed by atoms with E-state index >= 15 is 0 Å². The summed E-state index contributed by atoms with van der Waals surface area (Å²) in [6.45, 7) is 2.72. The van der Waals surface area contributed by atoms with Gasteiger partial charge in [-0.25, -0.2) is 0 Å². The standard InChI is InChI=1S/C18H27N3O2/c1-3-4-5-6-7-9-18(22)21-15-10-11-17(23-2)16(14-15)20-13-8-12-19/h10-11,14,20H,3-9,13H2,1-2H3,(H,21,22). The van der Waals surface area contributed by atoms with Gasteiger partial charge in [0, 0.05) is 18.7 Å². The van der Waals surface area contributed by atoms with Gasteiger partial charge in [0.15, 0.2) is 0 Å². The van der Waals surface area contributed by atoms with Gasteiger partial charge in [-0.2, -0.15) is 5.26 Å². The maximum Gasteiger partial charge on any atom is 0.224 e. The van der Waals surface area contributed by atoms with E-state index in [9.17, 15) is 4.79 Å². The number of carbonyl (C=O) groups excluding carboxylic acids is 1. The molecule has 0 aromatic heterocycles. The summed E-state index contributed by atoms with van der Waals surface area (Å²) in [5, 5.41) is 14.7. The zero-order valence-corrected chi connectivity index (χ0v) is 14.2. The average molecular weight is 317 g/mol. The molecule has 0 aliphatic carbocycles. The van der Waals surface area contributed by atoms with Gasteiger partial charge in [0.25, 0.3) is 0 Å². The Balaban J connectivity index is 2.50. The van der Waals surface area contributed by atoms with Crippen molar-refractivity contribution in [2.75, 3.05) is 24.3 Å². The smallest absolute Gasteiger partial charge is 0.224 e. The Hall–Kier alpha value is -2.22. The molecule has 0 saturated heterocycles. The van der Waals surface area contributed by atoms with E-state index in [0.717, 1.165) is 24.2 Å². The van der Waals surface area contributed by atoms with E-state index in [0.29, 0.717) is 25.1 Å². The van der Waals surface area contributed by atoms with Gasteiger partial charge in [0.05, 0.1) is 25.3 Å². The molecule has 23 heavy (non-hydrogen) atoms. The van der Waals surface area contributed by atoms with E-state index in [-0.39, 0.29) is 5.91 Å². The van der Waals surface area contributed by atoms with Gasteiger partial charge in [0.1, 0.15) is 5.75 Å². The number of nitriles is 1. The maximum absolute atomic E-state index is 12.0. The lowest BCUT2D eigenvalue weighted by atomic mass is 10.1. The van der Waals surface area contributed by atoms with Gasteiger partial charge in [-0.1, -0.05) is 32.6 Å². The lowest BCUT2D eigenvalue weighted by Gasteiger charge is -2.13. The Morgan fingerprint density at radius 3 is 2.74 bits per heavy atom. The number of hydrogen-bond donors (Lipinski definition) is 2. The highest BCUT2D eigenvalue weighted by molar-refractivity contribution is 5.91.